The Morgan fingerprint density at radius 1 is 1.48 bits per heavy atom. The normalized spacial score (nSPS) is 20.7. The number of hydrogen-bond acceptors (Lipinski definition) is 2. The van der Waals surface area contributed by atoms with Crippen LogP contribution >= 0.6 is 0 Å². The van der Waals surface area contributed by atoms with Crippen molar-refractivity contribution >= 4 is 5.91 Å². The molecule has 1 aliphatic rings. The number of halogens is 1. The predicted molar refractivity (Wildman–Crippen MR) is 79.3 cm³/mol. The fourth-order valence-corrected chi connectivity index (χ4v) is 2.58. The van der Waals surface area contributed by atoms with Crippen molar-refractivity contribution in [3.8, 4) is 11.8 Å². The van der Waals surface area contributed by atoms with Crippen molar-refractivity contribution in [2.75, 3.05) is 6.61 Å². The Labute approximate surface area is 124 Å². The van der Waals surface area contributed by atoms with Gasteiger partial charge >= 0.3 is 0 Å². The summed E-state index contributed by atoms with van der Waals surface area (Å²) in [5, 5.41) is 11.6. The summed E-state index contributed by atoms with van der Waals surface area (Å²) in [5.74, 6) is 5.20. The number of hydrogen-bond donors (Lipinski definition) is 2. The standard InChI is InChI=1S/C17H20FNO2/c1-12-5-8-15(10-12)19-17(21)14-7-6-13(16(18)11-14)4-2-3-9-20/h6-7,11-12,15,20H,3,5,8-10H2,1H3,(H,19,21). The van der Waals surface area contributed by atoms with Gasteiger partial charge in [0.15, 0.2) is 0 Å². The molecule has 1 fully saturated rings. The Morgan fingerprint density at radius 2 is 2.29 bits per heavy atom. The Bertz CT molecular complexity index is 574. The SMILES string of the molecule is CC1CCC(NC(=O)c2ccc(C#CCCO)c(F)c2)C1. The van der Waals surface area contributed by atoms with Crippen LogP contribution in [0.3, 0.4) is 0 Å². The smallest absolute Gasteiger partial charge is 0.251 e. The first-order valence-electron chi connectivity index (χ1n) is 7.30. The van der Waals surface area contributed by atoms with Crippen LogP contribution < -0.4 is 5.32 Å². The van der Waals surface area contributed by atoms with Gasteiger partial charge < -0.3 is 10.4 Å². The van der Waals surface area contributed by atoms with E-state index in [9.17, 15) is 9.18 Å². The first-order valence-corrected chi connectivity index (χ1v) is 7.30. The molecule has 2 atom stereocenters. The number of carbonyl (C=O) groups excluding carboxylic acids is 1. The zero-order valence-corrected chi connectivity index (χ0v) is 12.2. The maximum atomic E-state index is 13.9. The highest BCUT2D eigenvalue weighted by molar-refractivity contribution is 5.94. The average Bonchev–Trinajstić information content (AvgIpc) is 2.86. The van der Waals surface area contributed by atoms with E-state index in [4.69, 9.17) is 5.11 Å². The molecule has 0 spiro atoms. The van der Waals surface area contributed by atoms with E-state index in [1.807, 2.05) is 0 Å². The molecule has 2 rings (SSSR count). The van der Waals surface area contributed by atoms with E-state index in [1.54, 1.807) is 6.07 Å². The van der Waals surface area contributed by atoms with Crippen LogP contribution in [0.25, 0.3) is 0 Å². The average molecular weight is 289 g/mol. The summed E-state index contributed by atoms with van der Waals surface area (Å²) >= 11 is 0. The third kappa shape index (κ3) is 4.30. The maximum Gasteiger partial charge on any atom is 0.251 e. The number of rotatable bonds is 3. The van der Waals surface area contributed by atoms with Gasteiger partial charge in [-0.2, -0.15) is 0 Å². The summed E-state index contributed by atoms with van der Waals surface area (Å²) in [6.07, 6.45) is 3.40. The predicted octanol–water partition coefficient (Wildman–Crippen LogP) is 2.48. The van der Waals surface area contributed by atoms with Crippen molar-refractivity contribution in [1.82, 2.24) is 5.32 Å². The molecule has 0 saturated heterocycles. The highest BCUT2D eigenvalue weighted by Crippen LogP contribution is 2.24. The van der Waals surface area contributed by atoms with Gasteiger partial charge in [-0.3, -0.25) is 4.79 Å². The molecule has 0 aromatic heterocycles. The maximum absolute atomic E-state index is 13.9. The minimum absolute atomic E-state index is 0.0467. The summed E-state index contributed by atoms with van der Waals surface area (Å²) in [6, 6.07) is 4.50. The summed E-state index contributed by atoms with van der Waals surface area (Å²) in [4.78, 5) is 12.1. The highest BCUT2D eigenvalue weighted by Gasteiger charge is 2.23. The van der Waals surface area contributed by atoms with Crippen LogP contribution in [0, 0.1) is 23.6 Å². The van der Waals surface area contributed by atoms with E-state index in [0.29, 0.717) is 17.9 Å². The molecule has 1 saturated carbocycles. The number of amides is 1. The molecule has 0 aliphatic heterocycles. The van der Waals surface area contributed by atoms with Gasteiger partial charge in [0, 0.05) is 18.0 Å². The Balaban J connectivity index is 2.02. The molecule has 1 aromatic rings. The van der Waals surface area contributed by atoms with E-state index < -0.39 is 5.82 Å². The number of aliphatic hydroxyl groups excluding tert-OH is 1. The topological polar surface area (TPSA) is 49.3 Å². The molecular formula is C17H20FNO2. The summed E-state index contributed by atoms with van der Waals surface area (Å²) in [6.45, 7) is 2.13. The zero-order chi connectivity index (χ0) is 15.2. The molecule has 2 N–H and O–H groups in total. The number of nitrogens with one attached hydrogen (secondary N) is 1. The Morgan fingerprint density at radius 3 is 2.90 bits per heavy atom. The van der Waals surface area contributed by atoms with E-state index in [1.165, 1.54) is 12.1 Å². The van der Waals surface area contributed by atoms with Crippen LogP contribution in [0.4, 0.5) is 4.39 Å². The van der Waals surface area contributed by atoms with E-state index >= 15 is 0 Å². The summed E-state index contributed by atoms with van der Waals surface area (Å²) in [7, 11) is 0. The van der Waals surface area contributed by atoms with Gasteiger partial charge in [0.1, 0.15) is 5.82 Å². The highest BCUT2D eigenvalue weighted by atomic mass is 19.1. The van der Waals surface area contributed by atoms with Crippen LogP contribution in [-0.4, -0.2) is 23.7 Å². The molecule has 1 aliphatic carbocycles. The fourth-order valence-electron chi connectivity index (χ4n) is 2.58. The largest absolute Gasteiger partial charge is 0.395 e. The molecule has 3 nitrogen and oxygen atoms in total. The van der Waals surface area contributed by atoms with Gasteiger partial charge in [0.2, 0.25) is 0 Å². The lowest BCUT2D eigenvalue weighted by atomic mass is 10.1. The molecule has 1 aromatic carbocycles. The van der Waals surface area contributed by atoms with Crippen LogP contribution in [0.15, 0.2) is 18.2 Å². The van der Waals surface area contributed by atoms with E-state index in [-0.39, 0.29) is 24.1 Å². The lowest BCUT2D eigenvalue weighted by Crippen LogP contribution is -2.32. The number of aliphatic hydroxyl groups is 1. The number of benzene rings is 1. The monoisotopic (exact) mass is 289 g/mol. The minimum Gasteiger partial charge on any atom is -0.395 e. The molecule has 21 heavy (non-hydrogen) atoms. The van der Waals surface area contributed by atoms with Gasteiger partial charge in [-0.25, -0.2) is 4.39 Å². The minimum atomic E-state index is -0.507. The second-order valence-corrected chi connectivity index (χ2v) is 5.56. The molecule has 0 heterocycles. The van der Waals surface area contributed by atoms with Gasteiger partial charge in [0.25, 0.3) is 5.91 Å². The van der Waals surface area contributed by atoms with Crippen molar-refractivity contribution in [1.29, 1.82) is 0 Å². The second kappa shape index (κ2) is 7.24. The molecule has 2 unspecified atom stereocenters. The van der Waals surface area contributed by atoms with Gasteiger partial charge in [-0.15, -0.1) is 0 Å². The van der Waals surface area contributed by atoms with Gasteiger partial charge in [-0.05, 0) is 43.4 Å². The van der Waals surface area contributed by atoms with Crippen LogP contribution in [0.1, 0.15) is 48.5 Å². The van der Waals surface area contributed by atoms with Crippen LogP contribution in [0.2, 0.25) is 0 Å². The second-order valence-electron chi connectivity index (χ2n) is 5.56. The summed E-state index contributed by atoms with van der Waals surface area (Å²) in [5.41, 5.74) is 0.564. The van der Waals surface area contributed by atoms with E-state index in [2.05, 4.69) is 24.1 Å². The molecule has 4 heteroatoms. The molecule has 112 valence electrons. The first kappa shape index (κ1) is 15.5. The molecular weight excluding hydrogens is 269 g/mol. The Hall–Kier alpha value is -1.86. The fraction of sp³-hybridized carbons (Fsp3) is 0.471. The first-order chi connectivity index (χ1) is 10.1. The molecule has 0 bridgehead atoms. The Kier molecular flexibility index (Phi) is 5.35. The molecule has 1 amide bonds. The lowest BCUT2D eigenvalue weighted by molar-refractivity contribution is 0.0937. The van der Waals surface area contributed by atoms with Crippen molar-refractivity contribution in [2.45, 2.75) is 38.6 Å². The van der Waals surface area contributed by atoms with Crippen molar-refractivity contribution < 1.29 is 14.3 Å². The van der Waals surface area contributed by atoms with Crippen molar-refractivity contribution in [3.05, 3.63) is 35.1 Å². The van der Waals surface area contributed by atoms with Crippen molar-refractivity contribution in [3.63, 3.8) is 0 Å². The van der Waals surface area contributed by atoms with Gasteiger partial charge in [-0.1, -0.05) is 18.8 Å². The number of carbonyl (C=O) groups is 1. The van der Waals surface area contributed by atoms with Crippen molar-refractivity contribution in [2.24, 2.45) is 5.92 Å². The molecule has 0 radical (unpaired) electrons. The summed E-state index contributed by atoms with van der Waals surface area (Å²) < 4.78 is 13.9. The lowest BCUT2D eigenvalue weighted by Gasteiger charge is -2.12. The third-order valence-electron chi connectivity index (χ3n) is 3.72. The zero-order valence-electron chi connectivity index (χ0n) is 12.2. The third-order valence-corrected chi connectivity index (χ3v) is 3.72. The van der Waals surface area contributed by atoms with Crippen LogP contribution in [-0.2, 0) is 0 Å². The van der Waals surface area contributed by atoms with Gasteiger partial charge in [0.05, 0.1) is 12.2 Å². The van der Waals surface area contributed by atoms with E-state index in [0.717, 1.165) is 19.3 Å². The van der Waals surface area contributed by atoms with Crippen LogP contribution in [0.5, 0.6) is 0 Å². The quantitative estimate of drug-likeness (QED) is 0.840.